The van der Waals surface area contributed by atoms with Crippen LogP contribution in [0, 0.1) is 5.92 Å². The lowest BCUT2D eigenvalue weighted by molar-refractivity contribution is 0.0375. The van der Waals surface area contributed by atoms with E-state index in [2.05, 4.69) is 9.88 Å². The molecular weight excluding hydrogens is 283 g/mol. The zero-order valence-electron chi connectivity index (χ0n) is 10.8. The molecule has 3 rings (SSSR count). The molecule has 1 aromatic rings. The van der Waals surface area contributed by atoms with E-state index in [1.807, 2.05) is 0 Å². The van der Waals surface area contributed by atoms with Gasteiger partial charge in [0, 0.05) is 24.5 Å². The molecule has 1 saturated heterocycles. The zero-order chi connectivity index (χ0) is 13.5. The molecule has 1 N–H and O–H groups in total. The zero-order valence-corrected chi connectivity index (χ0v) is 12.3. The summed E-state index contributed by atoms with van der Waals surface area (Å²) in [5, 5.41) is 11.4. The molecule has 1 aromatic heterocycles. The summed E-state index contributed by atoms with van der Waals surface area (Å²) in [7, 11) is 0. The van der Waals surface area contributed by atoms with E-state index < -0.39 is 0 Å². The Labute approximate surface area is 123 Å². The van der Waals surface area contributed by atoms with Crippen LogP contribution in [0.25, 0.3) is 0 Å². The second-order valence-electron chi connectivity index (χ2n) is 5.74. The van der Waals surface area contributed by atoms with Gasteiger partial charge < -0.3 is 5.11 Å². The molecule has 19 heavy (non-hydrogen) atoms. The summed E-state index contributed by atoms with van der Waals surface area (Å²) in [6.07, 6.45) is 7.39. The monoisotopic (exact) mass is 300 g/mol. The van der Waals surface area contributed by atoms with Crippen molar-refractivity contribution < 1.29 is 5.11 Å². The van der Waals surface area contributed by atoms with Crippen molar-refractivity contribution in [3.8, 4) is 0 Å². The number of nitrogens with zero attached hydrogens (tertiary/aromatic N) is 2. The Morgan fingerprint density at radius 2 is 1.79 bits per heavy atom. The summed E-state index contributed by atoms with van der Waals surface area (Å²) < 4.78 is 0. The van der Waals surface area contributed by atoms with Crippen molar-refractivity contribution in [1.29, 1.82) is 0 Å². The van der Waals surface area contributed by atoms with Crippen LogP contribution in [0.15, 0.2) is 12.4 Å². The first kappa shape index (κ1) is 13.6. The molecule has 2 fully saturated rings. The molecule has 0 amide bonds. The molecule has 0 aromatic carbocycles. The lowest BCUT2D eigenvalue weighted by Gasteiger charge is -2.34. The number of pyridine rings is 1. The number of piperidine rings is 1. The maximum Gasteiger partial charge on any atom is 0.0678 e. The first-order valence-corrected chi connectivity index (χ1v) is 7.57. The van der Waals surface area contributed by atoms with Crippen LogP contribution in [0.2, 0.25) is 10.0 Å². The molecule has 3 nitrogen and oxygen atoms in total. The molecule has 0 radical (unpaired) electrons. The summed E-state index contributed by atoms with van der Waals surface area (Å²) in [6, 6.07) is 0. The highest BCUT2D eigenvalue weighted by molar-refractivity contribution is 6.35. The van der Waals surface area contributed by atoms with Crippen molar-refractivity contribution in [1.82, 2.24) is 9.88 Å². The fourth-order valence-corrected chi connectivity index (χ4v) is 3.46. The number of aliphatic hydroxyl groups is 1. The van der Waals surface area contributed by atoms with Gasteiger partial charge in [-0.05, 0) is 44.7 Å². The van der Waals surface area contributed by atoms with E-state index in [-0.39, 0.29) is 5.60 Å². The summed E-state index contributed by atoms with van der Waals surface area (Å²) >= 11 is 12.3. The van der Waals surface area contributed by atoms with Gasteiger partial charge in [0.2, 0.25) is 0 Å². The van der Waals surface area contributed by atoms with Crippen LogP contribution in [0.4, 0.5) is 0 Å². The second-order valence-corrected chi connectivity index (χ2v) is 6.55. The van der Waals surface area contributed by atoms with Crippen LogP contribution in [0.1, 0.15) is 31.2 Å². The molecular formula is C14H18Cl2N2O. The van der Waals surface area contributed by atoms with Gasteiger partial charge in [0.25, 0.3) is 0 Å². The molecule has 1 aliphatic carbocycles. The van der Waals surface area contributed by atoms with E-state index in [4.69, 9.17) is 23.2 Å². The third-order valence-electron chi connectivity index (χ3n) is 4.44. The number of likely N-dealkylation sites (tertiary alicyclic amines) is 1. The Kier molecular flexibility index (Phi) is 3.73. The van der Waals surface area contributed by atoms with Gasteiger partial charge in [-0.25, -0.2) is 0 Å². The van der Waals surface area contributed by atoms with E-state index >= 15 is 0 Å². The van der Waals surface area contributed by atoms with Crippen molar-refractivity contribution in [3.05, 3.63) is 28.0 Å². The Hall–Kier alpha value is -0.350. The Balaban J connectivity index is 1.60. The van der Waals surface area contributed by atoms with Crippen LogP contribution in [0.3, 0.4) is 0 Å². The van der Waals surface area contributed by atoms with Gasteiger partial charge in [-0.3, -0.25) is 9.88 Å². The highest BCUT2D eigenvalue weighted by Gasteiger charge is 2.48. The fraction of sp³-hybridized carbons (Fsp3) is 0.643. The average molecular weight is 301 g/mol. The first-order valence-electron chi connectivity index (χ1n) is 6.81. The SMILES string of the molecule is OC1(C2CCN(Cc3c(Cl)cncc3Cl)CC2)CC1. The molecule has 1 saturated carbocycles. The van der Waals surface area contributed by atoms with Crippen LogP contribution in [0.5, 0.6) is 0 Å². The number of rotatable bonds is 3. The van der Waals surface area contributed by atoms with Gasteiger partial charge in [0.15, 0.2) is 0 Å². The van der Waals surface area contributed by atoms with Gasteiger partial charge in [-0.1, -0.05) is 23.2 Å². The summed E-state index contributed by atoms with van der Waals surface area (Å²) in [5.41, 5.74) is 0.625. The highest BCUT2D eigenvalue weighted by Crippen LogP contribution is 2.46. The average Bonchev–Trinajstić information content (AvgIpc) is 3.14. The lowest BCUT2D eigenvalue weighted by atomic mass is 9.89. The van der Waals surface area contributed by atoms with Gasteiger partial charge in [-0.2, -0.15) is 0 Å². The largest absolute Gasteiger partial charge is 0.390 e. The first-order chi connectivity index (χ1) is 9.08. The maximum absolute atomic E-state index is 10.1. The highest BCUT2D eigenvalue weighted by atomic mass is 35.5. The minimum absolute atomic E-state index is 0.335. The predicted molar refractivity (Wildman–Crippen MR) is 76.4 cm³/mol. The van der Waals surface area contributed by atoms with Gasteiger partial charge in [0.05, 0.1) is 15.6 Å². The van der Waals surface area contributed by atoms with E-state index in [0.29, 0.717) is 16.0 Å². The van der Waals surface area contributed by atoms with Crippen LogP contribution >= 0.6 is 23.2 Å². The molecule has 0 bridgehead atoms. The summed E-state index contributed by atoms with van der Waals surface area (Å²) in [6.45, 7) is 2.77. The van der Waals surface area contributed by atoms with E-state index in [1.165, 1.54) is 0 Å². The molecule has 2 aliphatic rings. The van der Waals surface area contributed by atoms with E-state index in [0.717, 1.165) is 50.9 Å². The predicted octanol–water partition coefficient (Wildman–Crippen LogP) is 3.13. The van der Waals surface area contributed by atoms with Crippen molar-refractivity contribution in [2.45, 2.75) is 37.8 Å². The van der Waals surface area contributed by atoms with Gasteiger partial charge in [-0.15, -0.1) is 0 Å². The lowest BCUT2D eigenvalue weighted by Crippen LogP contribution is -2.38. The van der Waals surface area contributed by atoms with E-state index in [9.17, 15) is 5.11 Å². The molecule has 2 heterocycles. The maximum atomic E-state index is 10.1. The molecule has 1 aliphatic heterocycles. The quantitative estimate of drug-likeness (QED) is 0.932. The molecule has 0 atom stereocenters. The minimum Gasteiger partial charge on any atom is -0.390 e. The number of aromatic nitrogens is 1. The third kappa shape index (κ3) is 2.89. The number of hydrogen-bond acceptors (Lipinski definition) is 3. The molecule has 104 valence electrons. The second kappa shape index (κ2) is 5.21. The van der Waals surface area contributed by atoms with Gasteiger partial charge >= 0.3 is 0 Å². The van der Waals surface area contributed by atoms with Crippen molar-refractivity contribution >= 4 is 23.2 Å². The molecule has 5 heteroatoms. The van der Waals surface area contributed by atoms with Crippen LogP contribution < -0.4 is 0 Å². The number of hydrogen-bond donors (Lipinski definition) is 1. The summed E-state index contributed by atoms with van der Waals surface area (Å²) in [4.78, 5) is 6.33. The van der Waals surface area contributed by atoms with E-state index in [1.54, 1.807) is 12.4 Å². The normalized spacial score (nSPS) is 23.5. The van der Waals surface area contributed by atoms with Crippen molar-refractivity contribution in [3.63, 3.8) is 0 Å². The van der Waals surface area contributed by atoms with Crippen LogP contribution in [-0.2, 0) is 6.54 Å². The third-order valence-corrected chi connectivity index (χ3v) is 5.10. The van der Waals surface area contributed by atoms with Crippen LogP contribution in [-0.4, -0.2) is 33.7 Å². The Morgan fingerprint density at radius 3 is 2.32 bits per heavy atom. The minimum atomic E-state index is -0.335. The summed E-state index contributed by atoms with van der Waals surface area (Å²) in [5.74, 6) is 0.479. The smallest absolute Gasteiger partial charge is 0.0678 e. The molecule has 0 unspecified atom stereocenters. The number of halogens is 2. The standard InChI is InChI=1S/C14H18Cl2N2O/c15-12-7-17-8-13(16)11(12)9-18-5-1-10(2-6-18)14(19)3-4-14/h7-8,10,19H,1-6,9H2. The van der Waals surface area contributed by atoms with Gasteiger partial charge in [0.1, 0.15) is 0 Å². The van der Waals surface area contributed by atoms with Crippen molar-refractivity contribution in [2.24, 2.45) is 5.92 Å². The Morgan fingerprint density at radius 1 is 1.21 bits per heavy atom. The fourth-order valence-electron chi connectivity index (χ4n) is 2.98. The topological polar surface area (TPSA) is 36.4 Å². The van der Waals surface area contributed by atoms with Crippen molar-refractivity contribution in [2.75, 3.05) is 13.1 Å². The Bertz CT molecular complexity index is 448. The molecule has 0 spiro atoms.